The van der Waals surface area contributed by atoms with E-state index in [1.165, 1.54) is 0 Å². The molecule has 4 nitrogen and oxygen atoms in total. The summed E-state index contributed by atoms with van der Waals surface area (Å²) in [4.78, 5) is 0. The number of hydrogen-bond donors (Lipinski definition) is 1. The van der Waals surface area contributed by atoms with Crippen LogP contribution in [0.5, 0.6) is 5.88 Å². The molecule has 0 aliphatic rings. The minimum Gasteiger partial charge on any atom is -0.474 e. The lowest BCUT2D eigenvalue weighted by Crippen LogP contribution is -2.10. The van der Waals surface area contributed by atoms with Gasteiger partial charge in [-0.3, -0.25) is 0 Å². The van der Waals surface area contributed by atoms with Crippen molar-refractivity contribution in [2.75, 3.05) is 13.2 Å². The Morgan fingerprint density at radius 1 is 1.47 bits per heavy atom. The number of nitrogens with two attached hydrogens (primary N) is 1. The minimum absolute atomic E-state index is 0. The van der Waals surface area contributed by atoms with Crippen molar-refractivity contribution >= 4 is 39.3 Å². The van der Waals surface area contributed by atoms with Crippen molar-refractivity contribution in [3.8, 4) is 5.88 Å². The zero-order valence-electron chi connectivity index (χ0n) is 7.77. The highest BCUT2D eigenvalue weighted by Gasteiger charge is 2.08. The SMILES string of the molecule is Cl.NCCOc1noc2ccc(Br)cc12. The van der Waals surface area contributed by atoms with Crippen LogP contribution in [0.2, 0.25) is 0 Å². The van der Waals surface area contributed by atoms with Crippen LogP contribution in [0.4, 0.5) is 0 Å². The molecule has 0 unspecified atom stereocenters. The van der Waals surface area contributed by atoms with Gasteiger partial charge in [-0.05, 0) is 23.4 Å². The Morgan fingerprint density at radius 2 is 2.27 bits per heavy atom. The molecule has 1 aromatic carbocycles. The predicted molar refractivity (Wildman–Crippen MR) is 63.5 cm³/mol. The Labute approximate surface area is 101 Å². The predicted octanol–water partition coefficient (Wildman–Crippen LogP) is 2.35. The fourth-order valence-electron chi connectivity index (χ4n) is 1.15. The summed E-state index contributed by atoms with van der Waals surface area (Å²) in [7, 11) is 0. The molecule has 1 aromatic heterocycles. The summed E-state index contributed by atoms with van der Waals surface area (Å²) in [5.74, 6) is 0.492. The number of nitrogens with zero attached hydrogens (tertiary/aromatic N) is 1. The van der Waals surface area contributed by atoms with Crippen molar-refractivity contribution < 1.29 is 9.26 Å². The molecular weight excluding hydrogens is 283 g/mol. The van der Waals surface area contributed by atoms with Crippen LogP contribution in [0.25, 0.3) is 11.0 Å². The van der Waals surface area contributed by atoms with Gasteiger partial charge in [0.2, 0.25) is 0 Å². The summed E-state index contributed by atoms with van der Waals surface area (Å²) in [5, 5.41) is 4.65. The van der Waals surface area contributed by atoms with E-state index in [4.69, 9.17) is 15.0 Å². The van der Waals surface area contributed by atoms with E-state index < -0.39 is 0 Å². The van der Waals surface area contributed by atoms with Gasteiger partial charge in [-0.1, -0.05) is 15.9 Å². The van der Waals surface area contributed by atoms with Gasteiger partial charge in [0.05, 0.1) is 5.39 Å². The first-order valence-corrected chi connectivity index (χ1v) is 4.98. The smallest absolute Gasteiger partial charge is 0.262 e. The van der Waals surface area contributed by atoms with Gasteiger partial charge in [0.1, 0.15) is 6.61 Å². The van der Waals surface area contributed by atoms with E-state index >= 15 is 0 Å². The Morgan fingerprint density at radius 3 is 3.00 bits per heavy atom. The van der Waals surface area contributed by atoms with Crippen molar-refractivity contribution in [2.24, 2.45) is 5.73 Å². The van der Waals surface area contributed by atoms with Crippen molar-refractivity contribution in [3.63, 3.8) is 0 Å². The lowest BCUT2D eigenvalue weighted by Gasteiger charge is -1.98. The van der Waals surface area contributed by atoms with Gasteiger partial charge in [-0.2, -0.15) is 0 Å². The number of fused-ring (bicyclic) bond motifs is 1. The molecule has 2 aromatic rings. The van der Waals surface area contributed by atoms with Gasteiger partial charge in [0.25, 0.3) is 5.88 Å². The number of benzene rings is 1. The highest BCUT2D eigenvalue weighted by atomic mass is 79.9. The third kappa shape index (κ3) is 2.62. The normalized spacial score (nSPS) is 10.0. The van der Waals surface area contributed by atoms with Crippen LogP contribution in [0.1, 0.15) is 0 Å². The molecule has 1 heterocycles. The molecule has 15 heavy (non-hydrogen) atoms. The maximum atomic E-state index is 5.33. The van der Waals surface area contributed by atoms with Crippen LogP contribution >= 0.6 is 28.3 Å². The zero-order valence-corrected chi connectivity index (χ0v) is 10.2. The van der Waals surface area contributed by atoms with E-state index in [-0.39, 0.29) is 12.4 Å². The molecule has 0 radical (unpaired) electrons. The standard InChI is InChI=1S/C9H9BrN2O2.ClH/c10-6-1-2-8-7(5-6)9(12-14-8)13-4-3-11;/h1-2,5H,3-4,11H2;1H. The molecule has 0 aliphatic carbocycles. The van der Waals surface area contributed by atoms with E-state index in [0.717, 1.165) is 9.86 Å². The molecule has 0 amide bonds. The molecule has 0 fully saturated rings. The Hall–Kier alpha value is -0.780. The highest BCUT2D eigenvalue weighted by Crippen LogP contribution is 2.27. The molecule has 2 rings (SSSR count). The summed E-state index contributed by atoms with van der Waals surface area (Å²) in [6, 6.07) is 5.62. The lowest BCUT2D eigenvalue weighted by atomic mass is 10.3. The van der Waals surface area contributed by atoms with Crippen molar-refractivity contribution in [2.45, 2.75) is 0 Å². The fraction of sp³-hybridized carbons (Fsp3) is 0.222. The van der Waals surface area contributed by atoms with Crippen LogP contribution in [0.15, 0.2) is 27.2 Å². The van der Waals surface area contributed by atoms with Crippen molar-refractivity contribution in [3.05, 3.63) is 22.7 Å². The van der Waals surface area contributed by atoms with Gasteiger partial charge in [-0.15, -0.1) is 12.4 Å². The third-order valence-corrected chi connectivity index (χ3v) is 2.25. The second-order valence-corrected chi connectivity index (χ2v) is 3.68. The zero-order chi connectivity index (χ0) is 9.97. The summed E-state index contributed by atoms with van der Waals surface area (Å²) in [5.41, 5.74) is 6.03. The van der Waals surface area contributed by atoms with E-state index in [1.54, 1.807) is 0 Å². The largest absolute Gasteiger partial charge is 0.474 e. The molecule has 0 atom stereocenters. The Bertz CT molecular complexity index is 447. The molecule has 6 heteroatoms. The molecular formula is C9H10BrClN2O2. The van der Waals surface area contributed by atoms with Crippen LogP contribution in [0.3, 0.4) is 0 Å². The van der Waals surface area contributed by atoms with Gasteiger partial charge in [-0.25, -0.2) is 0 Å². The van der Waals surface area contributed by atoms with E-state index in [0.29, 0.717) is 24.6 Å². The highest BCUT2D eigenvalue weighted by molar-refractivity contribution is 9.10. The second kappa shape index (κ2) is 5.34. The first-order valence-electron chi connectivity index (χ1n) is 4.19. The summed E-state index contributed by atoms with van der Waals surface area (Å²) in [6.45, 7) is 0.899. The molecule has 82 valence electrons. The Balaban J connectivity index is 0.00000112. The topological polar surface area (TPSA) is 61.3 Å². The molecule has 0 spiro atoms. The minimum atomic E-state index is 0. The van der Waals surface area contributed by atoms with Crippen LogP contribution in [0, 0.1) is 0 Å². The number of halogens is 2. The first-order chi connectivity index (χ1) is 6.81. The van der Waals surface area contributed by atoms with Crippen molar-refractivity contribution in [1.29, 1.82) is 0 Å². The summed E-state index contributed by atoms with van der Waals surface area (Å²) in [6.07, 6.45) is 0. The van der Waals surface area contributed by atoms with Crippen LogP contribution in [-0.4, -0.2) is 18.3 Å². The van der Waals surface area contributed by atoms with Gasteiger partial charge in [0.15, 0.2) is 5.58 Å². The van der Waals surface area contributed by atoms with Gasteiger partial charge < -0.3 is 15.0 Å². The first kappa shape index (κ1) is 12.3. The maximum Gasteiger partial charge on any atom is 0.262 e. The maximum absolute atomic E-state index is 5.33. The fourth-order valence-corrected chi connectivity index (χ4v) is 1.51. The van der Waals surface area contributed by atoms with Gasteiger partial charge >= 0.3 is 0 Å². The number of hydrogen-bond acceptors (Lipinski definition) is 4. The summed E-state index contributed by atoms with van der Waals surface area (Å²) >= 11 is 3.37. The molecule has 2 N–H and O–H groups in total. The number of ether oxygens (including phenoxy) is 1. The average molecular weight is 294 g/mol. The second-order valence-electron chi connectivity index (χ2n) is 2.77. The van der Waals surface area contributed by atoms with E-state index in [2.05, 4.69) is 21.1 Å². The molecule has 0 saturated carbocycles. The third-order valence-electron chi connectivity index (χ3n) is 1.76. The van der Waals surface area contributed by atoms with Crippen LogP contribution in [-0.2, 0) is 0 Å². The molecule has 0 bridgehead atoms. The summed E-state index contributed by atoms with van der Waals surface area (Å²) < 4.78 is 11.3. The molecule has 0 saturated heterocycles. The Kier molecular flexibility index (Phi) is 4.38. The lowest BCUT2D eigenvalue weighted by molar-refractivity contribution is 0.293. The monoisotopic (exact) mass is 292 g/mol. The number of rotatable bonds is 3. The van der Waals surface area contributed by atoms with Crippen molar-refractivity contribution in [1.82, 2.24) is 5.16 Å². The molecule has 0 aliphatic heterocycles. The average Bonchev–Trinajstić information content (AvgIpc) is 2.57. The van der Waals surface area contributed by atoms with E-state index in [1.807, 2.05) is 18.2 Å². The quantitative estimate of drug-likeness (QED) is 0.943. The van der Waals surface area contributed by atoms with E-state index in [9.17, 15) is 0 Å². The number of aromatic nitrogens is 1. The van der Waals surface area contributed by atoms with Crippen LogP contribution < -0.4 is 10.5 Å². The van der Waals surface area contributed by atoms with Gasteiger partial charge in [0, 0.05) is 11.0 Å².